The lowest BCUT2D eigenvalue weighted by molar-refractivity contribution is 0.0572. The minimum atomic E-state index is -0.678. The Morgan fingerprint density at radius 3 is 2.48 bits per heavy atom. The summed E-state index contributed by atoms with van der Waals surface area (Å²) in [7, 11) is 0. The zero-order chi connectivity index (χ0) is 15.4. The number of likely N-dealkylation sites (tertiary alicyclic amines) is 1. The zero-order valence-corrected chi connectivity index (χ0v) is 12.7. The second-order valence-electron chi connectivity index (χ2n) is 5.89. The molecule has 1 heterocycles. The highest BCUT2D eigenvalue weighted by molar-refractivity contribution is 5.22. The summed E-state index contributed by atoms with van der Waals surface area (Å²) < 4.78 is 14.0. The van der Waals surface area contributed by atoms with Gasteiger partial charge in [0.05, 0.1) is 12.2 Å². The van der Waals surface area contributed by atoms with Gasteiger partial charge in [0.1, 0.15) is 5.82 Å². The molecule has 0 aliphatic carbocycles. The second-order valence-corrected chi connectivity index (χ2v) is 5.89. The molecule has 1 aromatic rings. The quantitative estimate of drug-likeness (QED) is 0.737. The van der Waals surface area contributed by atoms with E-state index in [2.05, 4.69) is 12.2 Å². The van der Waals surface area contributed by atoms with Crippen molar-refractivity contribution >= 4 is 0 Å². The summed E-state index contributed by atoms with van der Waals surface area (Å²) in [4.78, 5) is 2.03. The summed E-state index contributed by atoms with van der Waals surface area (Å²) in [5.74, 6) is -0.0314. The molecule has 1 aliphatic rings. The van der Waals surface area contributed by atoms with Crippen LogP contribution in [0.2, 0.25) is 0 Å². The Morgan fingerprint density at radius 1 is 1.29 bits per heavy atom. The molecule has 0 radical (unpaired) electrons. The molecule has 4 atom stereocenters. The van der Waals surface area contributed by atoms with E-state index in [0.717, 1.165) is 6.54 Å². The van der Waals surface area contributed by atoms with Gasteiger partial charge in [-0.1, -0.05) is 32.0 Å². The highest BCUT2D eigenvalue weighted by Crippen LogP contribution is 2.26. The number of nitrogens with one attached hydrogen (secondary N) is 1. The lowest BCUT2D eigenvalue weighted by Crippen LogP contribution is -2.36. The fourth-order valence-electron chi connectivity index (χ4n) is 3.07. The van der Waals surface area contributed by atoms with Crippen molar-refractivity contribution in [2.75, 3.05) is 26.2 Å². The van der Waals surface area contributed by atoms with Gasteiger partial charge in [0.25, 0.3) is 0 Å². The van der Waals surface area contributed by atoms with E-state index in [4.69, 9.17) is 0 Å². The van der Waals surface area contributed by atoms with Crippen LogP contribution in [0, 0.1) is 11.7 Å². The fraction of sp³-hybridized carbons (Fsp3) is 0.625. The first kappa shape index (κ1) is 16.4. The first-order valence-corrected chi connectivity index (χ1v) is 7.59. The number of aliphatic hydroxyl groups excluding tert-OH is 2. The standard InChI is InChI=1S/C16H25FN2O2/c1-3-18-16(12-6-4-5-7-13(12)17)11(2)8-19-9-14(20)15(21)10-19/h4-7,11,14-16,18,20-21H,3,8-10H2,1-2H3. The van der Waals surface area contributed by atoms with Crippen LogP contribution in [0.15, 0.2) is 24.3 Å². The Morgan fingerprint density at radius 2 is 1.90 bits per heavy atom. The van der Waals surface area contributed by atoms with Gasteiger partial charge in [0, 0.05) is 31.2 Å². The maximum atomic E-state index is 14.0. The Bertz CT molecular complexity index is 448. The van der Waals surface area contributed by atoms with Crippen molar-refractivity contribution in [3.05, 3.63) is 35.6 Å². The Hall–Kier alpha value is -1.01. The largest absolute Gasteiger partial charge is 0.389 e. The molecule has 0 aromatic heterocycles. The number of benzene rings is 1. The summed E-state index contributed by atoms with van der Waals surface area (Å²) >= 11 is 0. The molecule has 1 aromatic carbocycles. The molecule has 0 bridgehead atoms. The number of hydrogen-bond acceptors (Lipinski definition) is 4. The van der Waals surface area contributed by atoms with Gasteiger partial charge in [-0.2, -0.15) is 0 Å². The molecule has 0 spiro atoms. The summed E-state index contributed by atoms with van der Waals surface area (Å²) in [6.07, 6.45) is -1.36. The van der Waals surface area contributed by atoms with E-state index in [9.17, 15) is 14.6 Å². The van der Waals surface area contributed by atoms with E-state index >= 15 is 0 Å². The molecule has 4 unspecified atom stereocenters. The Balaban J connectivity index is 2.06. The minimum absolute atomic E-state index is 0.0777. The topological polar surface area (TPSA) is 55.7 Å². The Labute approximate surface area is 125 Å². The van der Waals surface area contributed by atoms with E-state index in [1.54, 1.807) is 6.07 Å². The van der Waals surface area contributed by atoms with Crippen LogP contribution in [0.5, 0.6) is 0 Å². The van der Waals surface area contributed by atoms with Crippen LogP contribution in [0.4, 0.5) is 4.39 Å². The van der Waals surface area contributed by atoms with Gasteiger partial charge in [-0.25, -0.2) is 4.39 Å². The molecule has 118 valence electrons. The molecule has 0 saturated carbocycles. The van der Waals surface area contributed by atoms with Crippen molar-refractivity contribution in [2.24, 2.45) is 5.92 Å². The predicted octanol–water partition coefficient (Wildman–Crippen LogP) is 1.15. The van der Waals surface area contributed by atoms with Crippen molar-refractivity contribution < 1.29 is 14.6 Å². The van der Waals surface area contributed by atoms with Crippen LogP contribution in [0.3, 0.4) is 0 Å². The SMILES string of the molecule is CCNC(c1ccccc1F)C(C)CN1CC(O)C(O)C1. The van der Waals surface area contributed by atoms with Gasteiger partial charge in [-0.3, -0.25) is 4.90 Å². The molecule has 1 fully saturated rings. The smallest absolute Gasteiger partial charge is 0.127 e. The van der Waals surface area contributed by atoms with Crippen molar-refractivity contribution in [3.8, 4) is 0 Å². The molecule has 5 heteroatoms. The van der Waals surface area contributed by atoms with Gasteiger partial charge in [-0.15, -0.1) is 0 Å². The Kier molecular flexibility index (Phi) is 5.70. The summed E-state index contributed by atoms with van der Waals surface area (Å²) in [5.41, 5.74) is 0.673. The maximum absolute atomic E-state index is 14.0. The number of aliphatic hydroxyl groups is 2. The monoisotopic (exact) mass is 296 g/mol. The van der Waals surface area contributed by atoms with Crippen molar-refractivity contribution in [1.29, 1.82) is 0 Å². The summed E-state index contributed by atoms with van der Waals surface area (Å²) in [6, 6.07) is 6.76. The lowest BCUT2D eigenvalue weighted by atomic mass is 9.93. The molecule has 1 saturated heterocycles. The predicted molar refractivity (Wildman–Crippen MR) is 80.4 cm³/mol. The molecular formula is C16H25FN2O2. The van der Waals surface area contributed by atoms with E-state index in [-0.39, 0.29) is 17.8 Å². The number of rotatable bonds is 6. The number of nitrogens with zero attached hydrogens (tertiary/aromatic N) is 1. The highest BCUT2D eigenvalue weighted by Gasteiger charge is 2.32. The first-order chi connectivity index (χ1) is 10.0. The molecule has 2 rings (SSSR count). The van der Waals surface area contributed by atoms with Crippen LogP contribution in [-0.4, -0.2) is 53.5 Å². The van der Waals surface area contributed by atoms with Gasteiger partial charge >= 0.3 is 0 Å². The molecule has 0 amide bonds. The van der Waals surface area contributed by atoms with E-state index in [1.165, 1.54) is 6.07 Å². The fourth-order valence-corrected chi connectivity index (χ4v) is 3.07. The van der Waals surface area contributed by atoms with E-state index < -0.39 is 12.2 Å². The maximum Gasteiger partial charge on any atom is 0.127 e. The summed E-state index contributed by atoms with van der Waals surface area (Å²) in [6.45, 7) is 6.48. The average Bonchev–Trinajstić information content (AvgIpc) is 2.75. The number of hydrogen-bond donors (Lipinski definition) is 3. The third-order valence-corrected chi connectivity index (χ3v) is 4.11. The van der Waals surface area contributed by atoms with Crippen molar-refractivity contribution in [1.82, 2.24) is 10.2 Å². The van der Waals surface area contributed by atoms with Gasteiger partial charge in [0.15, 0.2) is 0 Å². The van der Waals surface area contributed by atoms with Crippen LogP contribution >= 0.6 is 0 Å². The number of halogens is 1. The van der Waals surface area contributed by atoms with Crippen LogP contribution in [0.1, 0.15) is 25.5 Å². The van der Waals surface area contributed by atoms with Gasteiger partial charge < -0.3 is 15.5 Å². The molecule has 4 nitrogen and oxygen atoms in total. The van der Waals surface area contributed by atoms with E-state index in [1.807, 2.05) is 24.0 Å². The normalized spacial score (nSPS) is 26.0. The van der Waals surface area contributed by atoms with Crippen LogP contribution < -0.4 is 5.32 Å². The van der Waals surface area contributed by atoms with Crippen LogP contribution in [-0.2, 0) is 0 Å². The van der Waals surface area contributed by atoms with Gasteiger partial charge in [0.2, 0.25) is 0 Å². The van der Waals surface area contributed by atoms with Crippen molar-refractivity contribution in [3.63, 3.8) is 0 Å². The van der Waals surface area contributed by atoms with Crippen LogP contribution in [0.25, 0.3) is 0 Å². The molecular weight excluding hydrogens is 271 g/mol. The third kappa shape index (κ3) is 4.01. The second kappa shape index (κ2) is 7.31. The first-order valence-electron chi connectivity index (χ1n) is 7.59. The minimum Gasteiger partial charge on any atom is -0.389 e. The molecule has 21 heavy (non-hydrogen) atoms. The third-order valence-electron chi connectivity index (χ3n) is 4.11. The van der Waals surface area contributed by atoms with E-state index in [0.29, 0.717) is 25.2 Å². The van der Waals surface area contributed by atoms with Gasteiger partial charge in [-0.05, 0) is 18.5 Å². The number of β-amino-alcohol motifs (C(OH)–C–C–N with tert-alkyl or cyclic N) is 2. The lowest BCUT2D eigenvalue weighted by Gasteiger charge is -2.29. The molecule has 1 aliphatic heterocycles. The highest BCUT2D eigenvalue weighted by atomic mass is 19.1. The summed E-state index contributed by atoms with van der Waals surface area (Å²) in [5, 5.41) is 22.6. The van der Waals surface area contributed by atoms with Crippen molar-refractivity contribution in [2.45, 2.75) is 32.1 Å². The zero-order valence-electron chi connectivity index (χ0n) is 12.7. The molecule has 3 N–H and O–H groups in total. The average molecular weight is 296 g/mol.